The molecule has 0 spiro atoms. The summed E-state index contributed by atoms with van der Waals surface area (Å²) in [6.07, 6.45) is 8.06. The molecular formula is C31H37N3O3. The molecule has 0 aliphatic carbocycles. The average molecular weight is 500 g/mol. The second-order valence-electron chi connectivity index (χ2n) is 9.45. The fraction of sp³-hybridized carbons (Fsp3) is 0.323. The number of carbonyl (C=O) groups excluding carboxylic acids is 1. The van der Waals surface area contributed by atoms with Crippen molar-refractivity contribution in [3.05, 3.63) is 91.3 Å². The number of ether oxygens (including phenoxy) is 2. The molecule has 0 saturated carbocycles. The quantitative estimate of drug-likeness (QED) is 0.274. The van der Waals surface area contributed by atoms with Crippen molar-refractivity contribution < 1.29 is 14.3 Å². The summed E-state index contributed by atoms with van der Waals surface area (Å²) < 4.78 is 11.8. The van der Waals surface area contributed by atoms with E-state index in [-0.39, 0.29) is 0 Å². The van der Waals surface area contributed by atoms with E-state index in [0.717, 1.165) is 47.5 Å². The molecule has 4 rings (SSSR count). The fourth-order valence-corrected chi connectivity index (χ4v) is 4.54. The summed E-state index contributed by atoms with van der Waals surface area (Å²) in [7, 11) is 0. The molecule has 1 aliphatic rings. The molecule has 0 radical (unpaired) electrons. The van der Waals surface area contributed by atoms with Crippen LogP contribution in [-0.4, -0.2) is 37.0 Å². The van der Waals surface area contributed by atoms with Crippen molar-refractivity contribution >= 4 is 17.8 Å². The number of nitrogens with one attached hydrogen (secondary N) is 1. The van der Waals surface area contributed by atoms with Crippen molar-refractivity contribution in [2.75, 3.05) is 29.9 Å². The van der Waals surface area contributed by atoms with E-state index in [1.165, 1.54) is 30.7 Å². The number of piperidine rings is 1. The Morgan fingerprint density at radius 2 is 1.65 bits per heavy atom. The summed E-state index contributed by atoms with van der Waals surface area (Å²) in [6.45, 7) is 7.36. The summed E-state index contributed by atoms with van der Waals surface area (Å²) in [5, 5.41) is 3.19. The summed E-state index contributed by atoms with van der Waals surface area (Å²) >= 11 is 0. The lowest BCUT2D eigenvalue weighted by molar-refractivity contribution is -0.106. The van der Waals surface area contributed by atoms with Crippen molar-refractivity contribution in [1.29, 1.82) is 0 Å². The van der Waals surface area contributed by atoms with Gasteiger partial charge in [0.1, 0.15) is 23.9 Å². The highest BCUT2D eigenvalue weighted by Gasteiger charge is 2.23. The van der Waals surface area contributed by atoms with Crippen LogP contribution in [0.5, 0.6) is 17.2 Å². The normalized spacial score (nSPS) is 17.9. The molecular weight excluding hydrogens is 462 g/mol. The fourth-order valence-electron chi connectivity index (χ4n) is 4.54. The number of rotatable bonds is 12. The second kappa shape index (κ2) is 13.5. The van der Waals surface area contributed by atoms with Crippen LogP contribution in [0.3, 0.4) is 0 Å². The Kier molecular flexibility index (Phi) is 9.60. The summed E-state index contributed by atoms with van der Waals surface area (Å²) in [6, 6.07) is 25.5. The van der Waals surface area contributed by atoms with Crippen molar-refractivity contribution in [2.45, 2.75) is 39.2 Å². The number of hydrogen-bond acceptors (Lipinski definition) is 5. The van der Waals surface area contributed by atoms with Crippen molar-refractivity contribution in [3.8, 4) is 17.2 Å². The highest BCUT2D eigenvalue weighted by atomic mass is 16.5. The zero-order chi connectivity index (χ0) is 25.9. The molecule has 0 bridgehead atoms. The van der Waals surface area contributed by atoms with E-state index in [4.69, 9.17) is 9.47 Å². The first-order valence-electron chi connectivity index (χ1n) is 13.1. The number of nitrogens with zero attached hydrogens (tertiary/aromatic N) is 2. The van der Waals surface area contributed by atoms with Gasteiger partial charge in [0.25, 0.3) is 0 Å². The summed E-state index contributed by atoms with van der Waals surface area (Å²) in [5.74, 6) is 3.17. The first-order valence-corrected chi connectivity index (χ1v) is 13.1. The number of para-hydroxylation sites is 1. The Morgan fingerprint density at radius 1 is 0.946 bits per heavy atom. The van der Waals surface area contributed by atoms with Gasteiger partial charge < -0.3 is 14.8 Å². The lowest BCUT2D eigenvalue weighted by Gasteiger charge is -2.37. The zero-order valence-electron chi connectivity index (χ0n) is 21.8. The summed E-state index contributed by atoms with van der Waals surface area (Å²) in [4.78, 5) is 15.7. The topological polar surface area (TPSA) is 54.0 Å². The molecule has 2 unspecified atom stereocenters. The maximum absolute atomic E-state index is 11.7. The monoisotopic (exact) mass is 499 g/mol. The van der Waals surface area contributed by atoms with Crippen LogP contribution in [0, 0.1) is 5.92 Å². The van der Waals surface area contributed by atoms with Crippen LogP contribution >= 0.6 is 0 Å². The molecule has 37 heavy (non-hydrogen) atoms. The van der Waals surface area contributed by atoms with E-state index >= 15 is 0 Å². The minimum atomic E-state index is 0.621. The third-order valence-electron chi connectivity index (χ3n) is 6.90. The maximum Gasteiger partial charge on any atom is 0.218 e. The Bertz CT molecular complexity index is 1120. The molecule has 1 amide bonds. The van der Waals surface area contributed by atoms with Gasteiger partial charge >= 0.3 is 0 Å². The van der Waals surface area contributed by atoms with Crippen LogP contribution in [0.2, 0.25) is 0 Å². The molecule has 1 heterocycles. The highest BCUT2D eigenvalue weighted by Crippen LogP contribution is 2.25. The summed E-state index contributed by atoms with van der Waals surface area (Å²) in [5.41, 5.74) is 1.65. The number of amides is 1. The standard InChI is InChI=1S/C31H37N3O3/c1-3-26-10-9-25(2)33(23-26)21-22-36-29-17-13-28(14-18-29)34(24-35)20-19-32-27-11-15-31(16-12-27)37-30-7-5-4-6-8-30/h4-8,11-20,24-26,32H,3,9-10,21-23H2,1-2H3/b20-19-. The van der Waals surface area contributed by atoms with Gasteiger partial charge in [-0.15, -0.1) is 0 Å². The molecule has 1 saturated heterocycles. The number of benzene rings is 3. The lowest BCUT2D eigenvalue weighted by Crippen LogP contribution is -2.43. The SMILES string of the molecule is CCC1CCC(C)N(CCOc2ccc(N(C=O)/C=C\Nc3ccc(Oc4ccccc4)cc3)cc2)C1. The minimum Gasteiger partial charge on any atom is -0.492 e. The van der Waals surface area contributed by atoms with E-state index in [0.29, 0.717) is 12.6 Å². The van der Waals surface area contributed by atoms with Gasteiger partial charge in [-0.2, -0.15) is 0 Å². The number of hydrogen-bond donors (Lipinski definition) is 1. The van der Waals surface area contributed by atoms with Gasteiger partial charge in [0.15, 0.2) is 0 Å². The second-order valence-corrected chi connectivity index (χ2v) is 9.45. The van der Waals surface area contributed by atoms with Gasteiger partial charge in [-0.3, -0.25) is 14.6 Å². The Morgan fingerprint density at radius 3 is 2.35 bits per heavy atom. The molecule has 1 N–H and O–H groups in total. The van der Waals surface area contributed by atoms with E-state index in [2.05, 4.69) is 24.1 Å². The zero-order valence-corrected chi connectivity index (χ0v) is 21.8. The third kappa shape index (κ3) is 7.86. The van der Waals surface area contributed by atoms with Gasteiger partial charge in [-0.1, -0.05) is 31.5 Å². The van der Waals surface area contributed by atoms with Crippen LogP contribution in [-0.2, 0) is 4.79 Å². The van der Waals surface area contributed by atoms with Gasteiger partial charge in [0.2, 0.25) is 6.41 Å². The van der Waals surface area contributed by atoms with Crippen molar-refractivity contribution in [2.24, 2.45) is 5.92 Å². The molecule has 3 aromatic rings. The van der Waals surface area contributed by atoms with Gasteiger partial charge in [-0.25, -0.2) is 0 Å². The first-order chi connectivity index (χ1) is 18.1. The molecule has 2 atom stereocenters. The predicted octanol–water partition coefficient (Wildman–Crippen LogP) is 6.91. The van der Waals surface area contributed by atoms with E-state index in [1.807, 2.05) is 78.9 Å². The highest BCUT2D eigenvalue weighted by molar-refractivity contribution is 5.78. The van der Waals surface area contributed by atoms with Crippen LogP contribution in [0.4, 0.5) is 11.4 Å². The smallest absolute Gasteiger partial charge is 0.218 e. The van der Waals surface area contributed by atoms with Gasteiger partial charge in [0, 0.05) is 42.9 Å². The average Bonchev–Trinajstić information content (AvgIpc) is 2.94. The number of anilines is 2. The van der Waals surface area contributed by atoms with Crippen molar-refractivity contribution in [3.63, 3.8) is 0 Å². The van der Waals surface area contributed by atoms with Gasteiger partial charge in [-0.05, 0) is 86.3 Å². The minimum absolute atomic E-state index is 0.621. The predicted molar refractivity (Wildman–Crippen MR) is 150 cm³/mol. The van der Waals surface area contributed by atoms with Gasteiger partial charge in [0.05, 0.1) is 0 Å². The van der Waals surface area contributed by atoms with Crippen LogP contribution in [0.1, 0.15) is 33.1 Å². The molecule has 6 nitrogen and oxygen atoms in total. The maximum atomic E-state index is 11.7. The van der Waals surface area contributed by atoms with E-state index in [9.17, 15) is 4.79 Å². The Hall–Kier alpha value is -3.77. The van der Waals surface area contributed by atoms with E-state index < -0.39 is 0 Å². The molecule has 194 valence electrons. The van der Waals surface area contributed by atoms with E-state index in [1.54, 1.807) is 12.4 Å². The molecule has 6 heteroatoms. The Balaban J connectivity index is 1.24. The number of likely N-dealkylation sites (tertiary alicyclic amines) is 1. The molecule has 1 aliphatic heterocycles. The molecule has 1 fully saturated rings. The lowest BCUT2D eigenvalue weighted by atomic mass is 9.92. The number of carbonyl (C=O) groups is 1. The van der Waals surface area contributed by atoms with Crippen molar-refractivity contribution in [1.82, 2.24) is 4.90 Å². The largest absolute Gasteiger partial charge is 0.492 e. The Labute approximate surface area is 220 Å². The van der Waals surface area contributed by atoms with Crippen LogP contribution in [0.25, 0.3) is 0 Å². The third-order valence-corrected chi connectivity index (χ3v) is 6.90. The molecule has 0 aromatic heterocycles. The van der Waals surface area contributed by atoms with Crippen LogP contribution in [0.15, 0.2) is 91.3 Å². The first kappa shape index (κ1) is 26.3. The van der Waals surface area contributed by atoms with Crippen LogP contribution < -0.4 is 19.7 Å². The molecule has 3 aromatic carbocycles.